The Hall–Kier alpha value is -2.17. The maximum Gasteiger partial charge on any atom is 0.236 e. The van der Waals surface area contributed by atoms with Crippen molar-refractivity contribution in [2.24, 2.45) is 5.92 Å². The molecule has 19 heavy (non-hydrogen) atoms. The molecule has 0 aromatic carbocycles. The first-order valence-electron chi connectivity index (χ1n) is 6.25. The summed E-state index contributed by atoms with van der Waals surface area (Å²) in [6, 6.07) is 3.53. The lowest BCUT2D eigenvalue weighted by molar-refractivity contribution is -0.128. The van der Waals surface area contributed by atoms with E-state index in [1.165, 1.54) is 11.2 Å². The number of hydrogen-bond donors (Lipinski definition) is 0. The number of furan rings is 1. The van der Waals surface area contributed by atoms with Crippen molar-refractivity contribution in [3.63, 3.8) is 0 Å². The molecule has 2 aromatic heterocycles. The van der Waals surface area contributed by atoms with E-state index in [1.807, 2.05) is 0 Å². The molecule has 0 spiro atoms. The summed E-state index contributed by atoms with van der Waals surface area (Å²) >= 11 is 0. The Morgan fingerprint density at radius 2 is 2.16 bits per heavy atom. The minimum atomic E-state index is -0.267. The monoisotopic (exact) mass is 260 g/mol. The van der Waals surface area contributed by atoms with Crippen molar-refractivity contribution in [2.45, 2.75) is 27.2 Å². The fourth-order valence-corrected chi connectivity index (χ4v) is 1.82. The predicted molar refractivity (Wildman–Crippen MR) is 71.6 cm³/mol. The first-order chi connectivity index (χ1) is 9.06. The van der Waals surface area contributed by atoms with Crippen molar-refractivity contribution in [2.75, 3.05) is 4.90 Å². The second kappa shape index (κ2) is 5.22. The summed E-state index contributed by atoms with van der Waals surface area (Å²) < 4.78 is 5.30. The molecule has 0 aliphatic rings. The second-order valence-corrected chi connectivity index (χ2v) is 4.55. The van der Waals surface area contributed by atoms with Crippen LogP contribution in [0.4, 0.5) is 5.69 Å². The first kappa shape index (κ1) is 13.3. The third-order valence-electron chi connectivity index (χ3n) is 2.84. The largest absolute Gasteiger partial charge is 0.444 e. The minimum Gasteiger partial charge on any atom is -0.444 e. The molecule has 0 aliphatic heterocycles. The molecule has 100 valence electrons. The van der Waals surface area contributed by atoms with Crippen molar-refractivity contribution in [3.8, 4) is 0 Å². The molecule has 0 N–H and O–H groups in total. The van der Waals surface area contributed by atoms with Crippen LogP contribution in [0.5, 0.6) is 0 Å². The minimum absolute atomic E-state index is 0.238. The number of nitrogens with zero attached hydrogens (tertiary/aromatic N) is 2. The van der Waals surface area contributed by atoms with Crippen LogP contribution in [-0.2, 0) is 9.59 Å². The van der Waals surface area contributed by atoms with Crippen molar-refractivity contribution < 1.29 is 14.0 Å². The van der Waals surface area contributed by atoms with Gasteiger partial charge >= 0.3 is 0 Å². The number of aromatic nitrogens is 1. The van der Waals surface area contributed by atoms with E-state index in [-0.39, 0.29) is 24.2 Å². The standard InChI is InChI=1S/C14H16N2O3/c1-4-12(17)16(14(18)9(2)3)11-8-19-13-10(11)6-5-7-15-13/h5-9H,4H2,1-3H3. The average molecular weight is 260 g/mol. The van der Waals surface area contributed by atoms with Gasteiger partial charge in [-0.05, 0) is 12.1 Å². The van der Waals surface area contributed by atoms with Gasteiger partial charge in [-0.15, -0.1) is 0 Å². The smallest absolute Gasteiger partial charge is 0.236 e. The van der Waals surface area contributed by atoms with Gasteiger partial charge in [0.1, 0.15) is 6.26 Å². The molecule has 5 heteroatoms. The van der Waals surface area contributed by atoms with Gasteiger partial charge in [-0.1, -0.05) is 20.8 Å². The lowest BCUT2D eigenvalue weighted by atomic mass is 10.1. The van der Waals surface area contributed by atoms with E-state index in [0.717, 1.165) is 0 Å². The Morgan fingerprint density at radius 1 is 1.42 bits per heavy atom. The normalized spacial score (nSPS) is 10.9. The lowest BCUT2D eigenvalue weighted by Crippen LogP contribution is -2.39. The quantitative estimate of drug-likeness (QED) is 0.851. The summed E-state index contributed by atoms with van der Waals surface area (Å²) in [5.74, 6) is -0.749. The van der Waals surface area contributed by atoms with Crippen molar-refractivity contribution >= 4 is 28.6 Å². The van der Waals surface area contributed by atoms with Crippen LogP contribution in [0.25, 0.3) is 11.1 Å². The Morgan fingerprint density at radius 3 is 2.79 bits per heavy atom. The van der Waals surface area contributed by atoms with Crippen LogP contribution in [0.1, 0.15) is 27.2 Å². The Kier molecular flexibility index (Phi) is 3.64. The van der Waals surface area contributed by atoms with Gasteiger partial charge in [0.2, 0.25) is 17.5 Å². The van der Waals surface area contributed by atoms with E-state index in [9.17, 15) is 9.59 Å². The Bertz CT molecular complexity index is 616. The van der Waals surface area contributed by atoms with E-state index in [4.69, 9.17) is 4.42 Å². The van der Waals surface area contributed by atoms with Gasteiger partial charge in [0.15, 0.2) is 0 Å². The molecule has 0 saturated carbocycles. The molecule has 2 aromatic rings. The molecule has 0 atom stereocenters. The van der Waals surface area contributed by atoms with E-state index in [2.05, 4.69) is 4.98 Å². The maximum atomic E-state index is 12.2. The van der Waals surface area contributed by atoms with Crippen molar-refractivity contribution in [1.82, 2.24) is 4.98 Å². The molecule has 2 amide bonds. The average Bonchev–Trinajstić information content (AvgIpc) is 2.82. The fraction of sp³-hybridized carbons (Fsp3) is 0.357. The summed E-state index contributed by atoms with van der Waals surface area (Å²) in [7, 11) is 0. The zero-order valence-corrected chi connectivity index (χ0v) is 11.2. The topological polar surface area (TPSA) is 63.4 Å². The number of rotatable bonds is 3. The highest BCUT2D eigenvalue weighted by Gasteiger charge is 2.27. The molecule has 5 nitrogen and oxygen atoms in total. The van der Waals surface area contributed by atoms with Crippen LogP contribution in [0.2, 0.25) is 0 Å². The molecular formula is C14H16N2O3. The fourth-order valence-electron chi connectivity index (χ4n) is 1.82. The number of carbonyl (C=O) groups excluding carboxylic acids is 2. The third kappa shape index (κ3) is 2.36. The lowest BCUT2D eigenvalue weighted by Gasteiger charge is -2.20. The number of hydrogen-bond acceptors (Lipinski definition) is 4. The van der Waals surface area contributed by atoms with Gasteiger partial charge in [-0.2, -0.15) is 0 Å². The SMILES string of the molecule is CCC(=O)N(C(=O)C(C)C)c1coc2ncccc12. The maximum absolute atomic E-state index is 12.2. The number of fused-ring (bicyclic) bond motifs is 1. The molecular weight excluding hydrogens is 244 g/mol. The van der Waals surface area contributed by atoms with E-state index in [0.29, 0.717) is 16.8 Å². The molecule has 0 fully saturated rings. The highest BCUT2D eigenvalue weighted by atomic mass is 16.3. The number of anilines is 1. The van der Waals surface area contributed by atoms with Crippen LogP contribution in [-0.4, -0.2) is 16.8 Å². The predicted octanol–water partition coefficient (Wildman–Crippen LogP) is 2.75. The molecule has 0 bridgehead atoms. The van der Waals surface area contributed by atoms with Gasteiger partial charge < -0.3 is 4.42 Å². The van der Waals surface area contributed by atoms with Gasteiger partial charge in [0.05, 0.1) is 11.1 Å². The summed E-state index contributed by atoms with van der Waals surface area (Å²) in [5.41, 5.74) is 0.886. The first-order valence-corrected chi connectivity index (χ1v) is 6.25. The Balaban J connectivity index is 2.55. The zero-order chi connectivity index (χ0) is 14.0. The van der Waals surface area contributed by atoms with Crippen LogP contribution >= 0.6 is 0 Å². The third-order valence-corrected chi connectivity index (χ3v) is 2.84. The highest BCUT2D eigenvalue weighted by molar-refractivity contribution is 6.18. The van der Waals surface area contributed by atoms with Crippen LogP contribution in [0, 0.1) is 5.92 Å². The molecule has 2 rings (SSSR count). The number of carbonyl (C=O) groups is 2. The molecule has 0 aliphatic carbocycles. The Labute approximate surface area is 111 Å². The highest BCUT2D eigenvalue weighted by Crippen LogP contribution is 2.29. The van der Waals surface area contributed by atoms with Crippen molar-refractivity contribution in [1.29, 1.82) is 0 Å². The van der Waals surface area contributed by atoms with Gasteiger partial charge in [0.25, 0.3) is 0 Å². The second-order valence-electron chi connectivity index (χ2n) is 4.55. The summed E-state index contributed by atoms with van der Waals surface area (Å²) in [4.78, 5) is 29.5. The molecule has 0 unspecified atom stereocenters. The van der Waals surface area contributed by atoms with Gasteiger partial charge in [-0.3, -0.25) is 9.59 Å². The molecule has 0 radical (unpaired) electrons. The summed E-state index contributed by atoms with van der Waals surface area (Å²) in [5, 5.41) is 0.665. The molecule has 0 saturated heterocycles. The van der Waals surface area contributed by atoms with E-state index < -0.39 is 0 Å². The number of imide groups is 1. The van der Waals surface area contributed by atoms with Crippen LogP contribution in [0.3, 0.4) is 0 Å². The molecule has 2 heterocycles. The van der Waals surface area contributed by atoms with E-state index in [1.54, 1.807) is 39.1 Å². The number of pyridine rings is 1. The van der Waals surface area contributed by atoms with Crippen LogP contribution in [0.15, 0.2) is 29.0 Å². The zero-order valence-electron chi connectivity index (χ0n) is 11.2. The van der Waals surface area contributed by atoms with Gasteiger partial charge in [-0.25, -0.2) is 9.88 Å². The van der Waals surface area contributed by atoms with Crippen LogP contribution < -0.4 is 4.90 Å². The number of amides is 2. The van der Waals surface area contributed by atoms with E-state index >= 15 is 0 Å². The van der Waals surface area contributed by atoms with Gasteiger partial charge in [0, 0.05) is 18.5 Å². The van der Waals surface area contributed by atoms with Crippen molar-refractivity contribution in [3.05, 3.63) is 24.6 Å². The summed E-state index contributed by atoms with van der Waals surface area (Å²) in [6.07, 6.45) is 3.27. The summed E-state index contributed by atoms with van der Waals surface area (Å²) in [6.45, 7) is 5.25.